The molecule has 0 aliphatic carbocycles. The molecule has 1 aromatic heterocycles. The third-order valence-corrected chi connectivity index (χ3v) is 1.89. The Balaban J connectivity index is 2.60. The van der Waals surface area contributed by atoms with Crippen molar-refractivity contribution in [2.75, 3.05) is 6.54 Å². The van der Waals surface area contributed by atoms with Gasteiger partial charge in [-0.25, -0.2) is 0 Å². The molecule has 0 radical (unpaired) electrons. The first-order chi connectivity index (χ1) is 6.65. The number of aryl methyl sites for hydroxylation is 2. The van der Waals surface area contributed by atoms with Gasteiger partial charge in [0.05, 0.1) is 11.3 Å². The SMILES string of the molecule is C=CCCNC(=O)c1cn(C)nc1C. The Hall–Kier alpha value is -1.58. The molecule has 0 aliphatic heterocycles. The second-order valence-corrected chi connectivity index (χ2v) is 3.14. The van der Waals surface area contributed by atoms with Gasteiger partial charge in [0.15, 0.2) is 0 Å². The van der Waals surface area contributed by atoms with Gasteiger partial charge in [0, 0.05) is 19.8 Å². The van der Waals surface area contributed by atoms with E-state index in [1.54, 1.807) is 24.0 Å². The van der Waals surface area contributed by atoms with E-state index < -0.39 is 0 Å². The predicted molar refractivity (Wildman–Crippen MR) is 55.1 cm³/mol. The Bertz CT molecular complexity index is 341. The molecule has 0 saturated heterocycles. The van der Waals surface area contributed by atoms with Gasteiger partial charge in [-0.15, -0.1) is 6.58 Å². The van der Waals surface area contributed by atoms with E-state index in [0.717, 1.165) is 12.1 Å². The summed E-state index contributed by atoms with van der Waals surface area (Å²) in [5.41, 5.74) is 1.39. The largest absolute Gasteiger partial charge is 0.352 e. The van der Waals surface area contributed by atoms with Crippen molar-refractivity contribution in [2.45, 2.75) is 13.3 Å². The first kappa shape index (κ1) is 10.5. The minimum absolute atomic E-state index is 0.0718. The zero-order chi connectivity index (χ0) is 10.6. The lowest BCUT2D eigenvalue weighted by molar-refractivity contribution is 0.0953. The Morgan fingerprint density at radius 3 is 3.00 bits per heavy atom. The Kier molecular flexibility index (Phi) is 3.45. The van der Waals surface area contributed by atoms with Crippen LogP contribution in [-0.4, -0.2) is 22.2 Å². The molecule has 76 valence electrons. The first-order valence-corrected chi connectivity index (χ1v) is 4.54. The molecule has 14 heavy (non-hydrogen) atoms. The van der Waals surface area contributed by atoms with Gasteiger partial charge in [-0.3, -0.25) is 9.48 Å². The van der Waals surface area contributed by atoms with Gasteiger partial charge >= 0.3 is 0 Å². The van der Waals surface area contributed by atoms with Crippen molar-refractivity contribution < 1.29 is 4.79 Å². The van der Waals surface area contributed by atoms with Gasteiger partial charge in [-0.1, -0.05) is 6.08 Å². The smallest absolute Gasteiger partial charge is 0.254 e. The van der Waals surface area contributed by atoms with Crippen molar-refractivity contribution in [3.63, 3.8) is 0 Å². The lowest BCUT2D eigenvalue weighted by Gasteiger charge is -2.00. The summed E-state index contributed by atoms with van der Waals surface area (Å²) in [5, 5.41) is 6.89. The number of nitrogens with zero attached hydrogens (tertiary/aromatic N) is 2. The molecule has 0 aliphatic rings. The number of carbonyl (C=O) groups excluding carboxylic acids is 1. The molecule has 1 heterocycles. The summed E-state index contributed by atoms with van der Waals surface area (Å²) >= 11 is 0. The van der Waals surface area contributed by atoms with E-state index in [2.05, 4.69) is 17.0 Å². The van der Waals surface area contributed by atoms with Gasteiger partial charge in [-0.2, -0.15) is 5.10 Å². The molecule has 1 aromatic rings. The van der Waals surface area contributed by atoms with Crippen LogP contribution in [0.4, 0.5) is 0 Å². The maximum atomic E-state index is 11.6. The maximum Gasteiger partial charge on any atom is 0.254 e. The minimum Gasteiger partial charge on any atom is -0.352 e. The summed E-state index contributed by atoms with van der Waals surface area (Å²) in [5.74, 6) is -0.0718. The fraction of sp³-hybridized carbons (Fsp3) is 0.400. The molecule has 1 rings (SSSR count). The van der Waals surface area contributed by atoms with E-state index in [4.69, 9.17) is 0 Å². The highest BCUT2D eigenvalue weighted by molar-refractivity contribution is 5.94. The van der Waals surface area contributed by atoms with E-state index in [9.17, 15) is 4.79 Å². The standard InChI is InChI=1S/C10H15N3O/c1-4-5-6-11-10(14)9-7-13(3)12-8(9)2/h4,7H,1,5-6H2,2-3H3,(H,11,14). The van der Waals surface area contributed by atoms with E-state index in [0.29, 0.717) is 12.1 Å². The lowest BCUT2D eigenvalue weighted by atomic mass is 10.2. The minimum atomic E-state index is -0.0718. The van der Waals surface area contributed by atoms with Crippen LogP contribution >= 0.6 is 0 Å². The van der Waals surface area contributed by atoms with E-state index >= 15 is 0 Å². The van der Waals surface area contributed by atoms with Gasteiger partial charge in [0.1, 0.15) is 0 Å². The van der Waals surface area contributed by atoms with Crippen LogP contribution in [0.2, 0.25) is 0 Å². The van der Waals surface area contributed by atoms with Crippen LogP contribution in [-0.2, 0) is 7.05 Å². The topological polar surface area (TPSA) is 46.9 Å². The van der Waals surface area contributed by atoms with E-state index in [1.807, 2.05) is 6.92 Å². The number of hydrogen-bond donors (Lipinski definition) is 1. The maximum absolute atomic E-state index is 11.6. The average Bonchev–Trinajstić information content (AvgIpc) is 2.45. The number of aromatic nitrogens is 2. The van der Waals surface area contributed by atoms with Gasteiger partial charge in [-0.05, 0) is 13.3 Å². The second kappa shape index (κ2) is 4.60. The number of rotatable bonds is 4. The van der Waals surface area contributed by atoms with Crippen molar-refractivity contribution in [3.05, 3.63) is 30.1 Å². The number of hydrogen-bond acceptors (Lipinski definition) is 2. The molecule has 0 atom stereocenters. The Morgan fingerprint density at radius 2 is 2.50 bits per heavy atom. The molecule has 4 heteroatoms. The normalized spacial score (nSPS) is 9.86. The predicted octanol–water partition coefficient (Wildman–Crippen LogP) is 1.03. The highest BCUT2D eigenvalue weighted by atomic mass is 16.1. The van der Waals surface area contributed by atoms with Crippen LogP contribution in [0, 0.1) is 6.92 Å². The van der Waals surface area contributed by atoms with Crippen LogP contribution in [0.5, 0.6) is 0 Å². The molecular formula is C10H15N3O. The molecule has 0 unspecified atom stereocenters. The van der Waals surface area contributed by atoms with Crippen molar-refractivity contribution in [2.24, 2.45) is 7.05 Å². The summed E-state index contributed by atoms with van der Waals surface area (Å²) in [6, 6.07) is 0. The van der Waals surface area contributed by atoms with Gasteiger partial charge in [0.25, 0.3) is 5.91 Å². The molecule has 1 amide bonds. The zero-order valence-corrected chi connectivity index (χ0v) is 8.58. The van der Waals surface area contributed by atoms with Crippen molar-refractivity contribution >= 4 is 5.91 Å². The van der Waals surface area contributed by atoms with E-state index in [-0.39, 0.29) is 5.91 Å². The number of carbonyl (C=O) groups is 1. The quantitative estimate of drug-likeness (QED) is 0.573. The highest BCUT2D eigenvalue weighted by Gasteiger charge is 2.10. The third-order valence-electron chi connectivity index (χ3n) is 1.89. The third kappa shape index (κ3) is 2.45. The molecule has 0 bridgehead atoms. The number of amides is 1. The summed E-state index contributed by atoms with van der Waals surface area (Å²) < 4.78 is 1.64. The van der Waals surface area contributed by atoms with E-state index in [1.165, 1.54) is 0 Å². The molecule has 1 N–H and O–H groups in total. The van der Waals surface area contributed by atoms with Crippen LogP contribution < -0.4 is 5.32 Å². The number of nitrogens with one attached hydrogen (secondary N) is 1. The lowest BCUT2D eigenvalue weighted by Crippen LogP contribution is -2.24. The molecule has 4 nitrogen and oxygen atoms in total. The van der Waals surface area contributed by atoms with Gasteiger partial charge in [0.2, 0.25) is 0 Å². The molecule has 0 saturated carbocycles. The van der Waals surface area contributed by atoms with Crippen LogP contribution in [0.15, 0.2) is 18.9 Å². The van der Waals surface area contributed by atoms with Crippen LogP contribution in [0.3, 0.4) is 0 Å². The average molecular weight is 193 g/mol. The van der Waals surface area contributed by atoms with Crippen molar-refractivity contribution in [1.82, 2.24) is 15.1 Å². The monoisotopic (exact) mass is 193 g/mol. The fourth-order valence-electron chi connectivity index (χ4n) is 1.21. The Morgan fingerprint density at radius 1 is 1.79 bits per heavy atom. The van der Waals surface area contributed by atoms with Gasteiger partial charge < -0.3 is 5.32 Å². The molecule has 0 aromatic carbocycles. The zero-order valence-electron chi connectivity index (χ0n) is 8.58. The van der Waals surface area contributed by atoms with Crippen molar-refractivity contribution in [1.29, 1.82) is 0 Å². The van der Waals surface area contributed by atoms with Crippen LogP contribution in [0.25, 0.3) is 0 Å². The Labute approximate surface area is 83.6 Å². The highest BCUT2D eigenvalue weighted by Crippen LogP contribution is 2.03. The molecule has 0 fully saturated rings. The second-order valence-electron chi connectivity index (χ2n) is 3.14. The molecule has 0 spiro atoms. The molecular weight excluding hydrogens is 178 g/mol. The van der Waals surface area contributed by atoms with Crippen LogP contribution in [0.1, 0.15) is 22.5 Å². The van der Waals surface area contributed by atoms with Crippen molar-refractivity contribution in [3.8, 4) is 0 Å². The summed E-state index contributed by atoms with van der Waals surface area (Å²) in [7, 11) is 1.80. The summed E-state index contributed by atoms with van der Waals surface area (Å²) in [4.78, 5) is 11.6. The fourth-order valence-corrected chi connectivity index (χ4v) is 1.21. The first-order valence-electron chi connectivity index (χ1n) is 4.54. The summed E-state index contributed by atoms with van der Waals surface area (Å²) in [6.07, 6.45) is 4.28. The summed E-state index contributed by atoms with van der Waals surface area (Å²) in [6.45, 7) is 6.03.